The van der Waals surface area contributed by atoms with E-state index in [1.165, 1.54) is 0 Å². The molecule has 1 aromatic rings. The van der Waals surface area contributed by atoms with Crippen LogP contribution in [-0.4, -0.2) is 37.0 Å². The first-order valence-corrected chi connectivity index (χ1v) is 7.38. The third-order valence-electron chi connectivity index (χ3n) is 4.68. The lowest BCUT2D eigenvalue weighted by molar-refractivity contribution is 0.213. The molecule has 3 nitrogen and oxygen atoms in total. The summed E-state index contributed by atoms with van der Waals surface area (Å²) in [4.78, 5) is 6.61. The normalized spacial score (nSPS) is 18.9. The van der Waals surface area contributed by atoms with E-state index in [4.69, 9.17) is 5.26 Å². The minimum Gasteiger partial charge on any atom is -0.358 e. The van der Waals surface area contributed by atoms with Gasteiger partial charge in [-0.1, -0.05) is 19.9 Å². The molecule has 2 atom stereocenters. The number of benzene rings is 1. The molecule has 0 saturated carbocycles. The minimum atomic E-state index is -0.971. The molecule has 0 amide bonds. The molecular weight excluding hydrogens is 265 g/mol. The van der Waals surface area contributed by atoms with Gasteiger partial charge in [-0.2, -0.15) is 5.26 Å². The Hall–Kier alpha value is -1.89. The maximum Gasteiger partial charge on any atom is 0.131 e. The van der Waals surface area contributed by atoms with Gasteiger partial charge in [-0.3, -0.25) is 4.99 Å². The van der Waals surface area contributed by atoms with Crippen molar-refractivity contribution in [2.24, 2.45) is 4.99 Å². The number of halogens is 1. The molecule has 112 valence electrons. The van der Waals surface area contributed by atoms with Crippen LogP contribution < -0.4 is 0 Å². The van der Waals surface area contributed by atoms with Crippen LogP contribution in [0.25, 0.3) is 0 Å². The van der Waals surface area contributed by atoms with E-state index in [-0.39, 0.29) is 0 Å². The first kappa shape index (κ1) is 15.5. The molecule has 0 radical (unpaired) electrons. The SMILES string of the molecule is CCC(C)(c1ccc(C#N)cc1C1=NCCN1C)[C@@H](C)F. The molecule has 0 spiro atoms. The van der Waals surface area contributed by atoms with Crippen LogP contribution >= 0.6 is 0 Å². The third kappa shape index (κ3) is 2.65. The van der Waals surface area contributed by atoms with Crippen molar-refractivity contribution in [3.05, 3.63) is 34.9 Å². The van der Waals surface area contributed by atoms with Gasteiger partial charge in [0.15, 0.2) is 0 Å². The highest BCUT2D eigenvalue weighted by Crippen LogP contribution is 2.36. The maximum absolute atomic E-state index is 14.3. The Morgan fingerprint density at radius 1 is 1.52 bits per heavy atom. The summed E-state index contributed by atoms with van der Waals surface area (Å²) in [5.74, 6) is 0.863. The fourth-order valence-electron chi connectivity index (χ4n) is 2.81. The van der Waals surface area contributed by atoms with E-state index in [0.717, 1.165) is 30.1 Å². The molecule has 0 aromatic heterocycles. The Bertz CT molecular complexity index is 601. The van der Waals surface area contributed by atoms with Crippen LogP contribution in [0, 0.1) is 11.3 Å². The zero-order valence-electron chi connectivity index (χ0n) is 13.2. The number of aliphatic imine (C=N–C) groups is 1. The van der Waals surface area contributed by atoms with Gasteiger partial charge in [-0.15, -0.1) is 0 Å². The summed E-state index contributed by atoms with van der Waals surface area (Å²) in [5, 5.41) is 9.15. The number of rotatable bonds is 4. The van der Waals surface area contributed by atoms with Crippen molar-refractivity contribution >= 4 is 5.84 Å². The van der Waals surface area contributed by atoms with Gasteiger partial charge in [0.1, 0.15) is 12.0 Å². The number of amidine groups is 1. The zero-order valence-corrected chi connectivity index (χ0v) is 13.2. The Morgan fingerprint density at radius 3 is 2.71 bits per heavy atom. The zero-order chi connectivity index (χ0) is 15.6. The van der Waals surface area contributed by atoms with E-state index < -0.39 is 11.6 Å². The summed E-state index contributed by atoms with van der Waals surface area (Å²) < 4.78 is 14.3. The van der Waals surface area contributed by atoms with Crippen LogP contribution in [0.2, 0.25) is 0 Å². The van der Waals surface area contributed by atoms with Crippen molar-refractivity contribution in [3.63, 3.8) is 0 Å². The average Bonchev–Trinajstić information content (AvgIpc) is 2.91. The Morgan fingerprint density at radius 2 is 2.24 bits per heavy atom. The van der Waals surface area contributed by atoms with Gasteiger partial charge in [0.25, 0.3) is 0 Å². The summed E-state index contributed by atoms with van der Waals surface area (Å²) in [5.41, 5.74) is 1.84. The Labute approximate surface area is 126 Å². The van der Waals surface area contributed by atoms with Crippen LogP contribution in [0.15, 0.2) is 23.2 Å². The van der Waals surface area contributed by atoms with Gasteiger partial charge in [-0.05, 0) is 31.0 Å². The Balaban J connectivity index is 2.64. The number of alkyl halides is 1. The monoisotopic (exact) mass is 287 g/mol. The number of nitrogens with zero attached hydrogens (tertiary/aromatic N) is 3. The lowest BCUT2D eigenvalue weighted by atomic mass is 9.74. The van der Waals surface area contributed by atoms with Gasteiger partial charge in [-0.25, -0.2) is 4.39 Å². The molecule has 0 bridgehead atoms. The van der Waals surface area contributed by atoms with Crippen LogP contribution in [0.4, 0.5) is 4.39 Å². The van der Waals surface area contributed by atoms with Crippen molar-refractivity contribution in [1.29, 1.82) is 5.26 Å². The average molecular weight is 287 g/mol. The first-order valence-electron chi connectivity index (χ1n) is 7.38. The largest absolute Gasteiger partial charge is 0.358 e. The van der Waals surface area contributed by atoms with Crippen LogP contribution in [0.3, 0.4) is 0 Å². The standard InChI is InChI=1S/C17H22FN3/c1-5-17(3,12(2)18)15-7-6-13(11-19)10-14(15)16-20-8-9-21(16)4/h6-7,10,12H,5,8-9H2,1-4H3/t12-,17?/m1/s1. The van der Waals surface area contributed by atoms with Crippen molar-refractivity contribution in [3.8, 4) is 6.07 Å². The highest BCUT2D eigenvalue weighted by atomic mass is 19.1. The van der Waals surface area contributed by atoms with E-state index in [0.29, 0.717) is 12.0 Å². The van der Waals surface area contributed by atoms with E-state index in [1.807, 2.05) is 33.0 Å². The van der Waals surface area contributed by atoms with Gasteiger partial charge < -0.3 is 4.90 Å². The summed E-state index contributed by atoms with van der Waals surface area (Å²) in [6.45, 7) is 7.15. The van der Waals surface area contributed by atoms with Gasteiger partial charge in [0.2, 0.25) is 0 Å². The third-order valence-corrected chi connectivity index (χ3v) is 4.68. The van der Waals surface area contributed by atoms with Crippen molar-refractivity contribution in [2.45, 2.75) is 38.8 Å². The fraction of sp³-hybridized carbons (Fsp3) is 0.529. The number of hydrogen-bond donors (Lipinski definition) is 0. The van der Waals surface area contributed by atoms with Gasteiger partial charge >= 0.3 is 0 Å². The molecule has 1 heterocycles. The fourth-order valence-corrected chi connectivity index (χ4v) is 2.81. The van der Waals surface area contributed by atoms with Crippen LogP contribution in [-0.2, 0) is 5.41 Å². The highest BCUT2D eigenvalue weighted by molar-refractivity contribution is 6.01. The highest BCUT2D eigenvalue weighted by Gasteiger charge is 2.35. The summed E-state index contributed by atoms with van der Waals surface area (Å²) in [6.07, 6.45) is -0.276. The molecule has 21 heavy (non-hydrogen) atoms. The quantitative estimate of drug-likeness (QED) is 0.852. The maximum atomic E-state index is 14.3. The molecule has 0 fully saturated rings. The topological polar surface area (TPSA) is 39.4 Å². The molecule has 1 unspecified atom stereocenters. The lowest BCUT2D eigenvalue weighted by Crippen LogP contribution is -2.35. The second-order valence-electron chi connectivity index (χ2n) is 5.89. The number of nitriles is 1. The molecular formula is C17H22FN3. The predicted molar refractivity (Wildman–Crippen MR) is 83.4 cm³/mol. The van der Waals surface area contributed by atoms with E-state index in [1.54, 1.807) is 13.0 Å². The molecule has 0 saturated heterocycles. The summed E-state index contributed by atoms with van der Waals surface area (Å²) >= 11 is 0. The molecule has 0 N–H and O–H groups in total. The predicted octanol–water partition coefficient (Wildman–Crippen LogP) is 3.28. The molecule has 0 aliphatic carbocycles. The second kappa shape index (κ2) is 5.85. The Kier molecular flexibility index (Phi) is 4.32. The van der Waals surface area contributed by atoms with Gasteiger partial charge in [0, 0.05) is 24.6 Å². The van der Waals surface area contributed by atoms with Crippen molar-refractivity contribution < 1.29 is 4.39 Å². The van der Waals surface area contributed by atoms with Crippen molar-refractivity contribution in [2.75, 3.05) is 20.1 Å². The molecule has 1 aliphatic rings. The summed E-state index contributed by atoms with van der Waals surface area (Å²) in [7, 11) is 1.98. The van der Waals surface area contributed by atoms with E-state index >= 15 is 0 Å². The smallest absolute Gasteiger partial charge is 0.131 e. The van der Waals surface area contributed by atoms with Gasteiger partial charge in [0.05, 0.1) is 18.2 Å². The summed E-state index contributed by atoms with van der Waals surface area (Å²) in [6, 6.07) is 7.66. The minimum absolute atomic E-state index is 0.574. The molecule has 4 heteroatoms. The number of hydrogen-bond acceptors (Lipinski definition) is 3. The second-order valence-corrected chi connectivity index (χ2v) is 5.89. The van der Waals surface area contributed by atoms with Crippen LogP contribution in [0.1, 0.15) is 43.9 Å². The van der Waals surface area contributed by atoms with Crippen molar-refractivity contribution in [1.82, 2.24) is 4.90 Å². The van der Waals surface area contributed by atoms with E-state index in [9.17, 15) is 4.39 Å². The molecule has 1 aromatic carbocycles. The lowest BCUT2D eigenvalue weighted by Gasteiger charge is -2.33. The van der Waals surface area contributed by atoms with E-state index in [2.05, 4.69) is 16.0 Å². The first-order chi connectivity index (χ1) is 9.93. The molecule has 1 aliphatic heterocycles. The number of likely N-dealkylation sites (N-methyl/N-ethyl adjacent to an activating group) is 1. The molecule has 2 rings (SSSR count). The van der Waals surface area contributed by atoms with Crippen LogP contribution in [0.5, 0.6) is 0 Å².